The number of rotatable bonds is 2. The first-order valence-corrected chi connectivity index (χ1v) is 4.55. The van der Waals surface area contributed by atoms with Gasteiger partial charge < -0.3 is 10.5 Å². The van der Waals surface area contributed by atoms with Crippen LogP contribution in [0.15, 0.2) is 24.3 Å². The lowest BCUT2D eigenvalue weighted by Gasteiger charge is -2.16. The van der Waals surface area contributed by atoms with E-state index in [2.05, 4.69) is 4.74 Å². The van der Waals surface area contributed by atoms with Crippen LogP contribution in [0.4, 0.5) is 13.2 Å². The fourth-order valence-electron chi connectivity index (χ4n) is 1.50. The first-order valence-electron chi connectivity index (χ1n) is 4.55. The maximum Gasteiger partial charge on any atom is 0.573 e. The zero-order valence-corrected chi connectivity index (χ0v) is 9.07. The zero-order valence-electron chi connectivity index (χ0n) is 8.25. The molecule has 0 amide bonds. The van der Waals surface area contributed by atoms with Gasteiger partial charge in [0.2, 0.25) is 0 Å². The molecule has 0 aromatic heterocycles. The molecular weight excluding hydrogens is 243 g/mol. The van der Waals surface area contributed by atoms with Crippen molar-refractivity contribution in [2.24, 2.45) is 5.73 Å². The quantitative estimate of drug-likeness (QED) is 0.880. The number of alkyl halides is 3. The zero-order chi connectivity index (χ0) is 11.1. The Balaban J connectivity index is 0.00000128. The minimum Gasteiger partial charge on any atom is -0.405 e. The highest BCUT2D eigenvalue weighted by Crippen LogP contribution is 2.47. The van der Waals surface area contributed by atoms with Gasteiger partial charge in [-0.25, -0.2) is 0 Å². The van der Waals surface area contributed by atoms with E-state index < -0.39 is 11.9 Å². The van der Waals surface area contributed by atoms with Crippen molar-refractivity contribution < 1.29 is 17.9 Å². The average molecular weight is 254 g/mol. The van der Waals surface area contributed by atoms with Gasteiger partial charge in [-0.1, -0.05) is 18.2 Å². The Morgan fingerprint density at radius 1 is 1.19 bits per heavy atom. The molecule has 1 aromatic carbocycles. The average Bonchev–Trinajstić information content (AvgIpc) is 2.83. The van der Waals surface area contributed by atoms with Crippen molar-refractivity contribution in [2.45, 2.75) is 24.7 Å². The molecule has 0 heterocycles. The Bertz CT molecular complexity index is 377. The molecule has 2 rings (SSSR count). The minimum atomic E-state index is -4.67. The van der Waals surface area contributed by atoms with E-state index in [0.29, 0.717) is 18.4 Å². The molecule has 16 heavy (non-hydrogen) atoms. The highest BCUT2D eigenvalue weighted by Gasteiger charge is 2.43. The lowest BCUT2D eigenvalue weighted by atomic mass is 10.1. The fourth-order valence-corrected chi connectivity index (χ4v) is 1.50. The van der Waals surface area contributed by atoms with Gasteiger partial charge in [0.05, 0.1) is 0 Å². The summed E-state index contributed by atoms with van der Waals surface area (Å²) in [4.78, 5) is 0. The van der Waals surface area contributed by atoms with Crippen LogP contribution in [0.3, 0.4) is 0 Å². The highest BCUT2D eigenvalue weighted by molar-refractivity contribution is 5.85. The summed E-state index contributed by atoms with van der Waals surface area (Å²) in [6, 6.07) is 6.02. The number of halogens is 4. The van der Waals surface area contributed by atoms with Gasteiger partial charge in [-0.05, 0) is 18.9 Å². The van der Waals surface area contributed by atoms with Crippen LogP contribution in [0.1, 0.15) is 18.4 Å². The third-order valence-electron chi connectivity index (χ3n) is 2.44. The SMILES string of the molecule is Cl.NC1(c2ccccc2OC(F)(F)F)CC1. The molecule has 0 unspecified atom stereocenters. The van der Waals surface area contributed by atoms with E-state index in [-0.39, 0.29) is 18.2 Å². The molecule has 1 aliphatic rings. The molecule has 0 saturated heterocycles. The van der Waals surface area contributed by atoms with Crippen molar-refractivity contribution >= 4 is 12.4 Å². The van der Waals surface area contributed by atoms with Crippen LogP contribution in [-0.4, -0.2) is 6.36 Å². The van der Waals surface area contributed by atoms with Gasteiger partial charge in [0, 0.05) is 11.1 Å². The topological polar surface area (TPSA) is 35.2 Å². The molecule has 0 spiro atoms. The van der Waals surface area contributed by atoms with E-state index in [1.54, 1.807) is 12.1 Å². The molecule has 2 N–H and O–H groups in total. The normalized spacial score (nSPS) is 17.5. The van der Waals surface area contributed by atoms with Crippen molar-refractivity contribution in [3.8, 4) is 5.75 Å². The van der Waals surface area contributed by atoms with E-state index in [0.717, 1.165) is 0 Å². The molecule has 1 fully saturated rings. The van der Waals surface area contributed by atoms with E-state index in [1.165, 1.54) is 12.1 Å². The van der Waals surface area contributed by atoms with E-state index in [4.69, 9.17) is 5.73 Å². The Kier molecular flexibility index (Phi) is 3.40. The molecule has 0 radical (unpaired) electrons. The smallest absolute Gasteiger partial charge is 0.405 e. The van der Waals surface area contributed by atoms with Gasteiger partial charge in [-0.3, -0.25) is 0 Å². The summed E-state index contributed by atoms with van der Waals surface area (Å²) in [5.74, 6) is -0.190. The summed E-state index contributed by atoms with van der Waals surface area (Å²) < 4.78 is 40.1. The minimum absolute atomic E-state index is 0. The molecule has 2 nitrogen and oxygen atoms in total. The summed E-state index contributed by atoms with van der Waals surface area (Å²) in [5.41, 5.74) is 5.65. The van der Waals surface area contributed by atoms with Crippen LogP contribution in [0.25, 0.3) is 0 Å². The van der Waals surface area contributed by atoms with E-state index in [1.807, 2.05) is 0 Å². The lowest BCUT2D eigenvalue weighted by Crippen LogP contribution is -2.23. The second kappa shape index (κ2) is 4.14. The Hall–Kier alpha value is -0.940. The first-order chi connectivity index (χ1) is 6.91. The second-order valence-corrected chi connectivity index (χ2v) is 3.70. The second-order valence-electron chi connectivity index (χ2n) is 3.70. The maximum atomic E-state index is 12.1. The summed E-state index contributed by atoms with van der Waals surface area (Å²) in [7, 11) is 0. The third-order valence-corrected chi connectivity index (χ3v) is 2.44. The maximum absolute atomic E-state index is 12.1. The van der Waals surface area contributed by atoms with Crippen LogP contribution in [0, 0.1) is 0 Å². The van der Waals surface area contributed by atoms with Crippen molar-refractivity contribution in [2.75, 3.05) is 0 Å². The Morgan fingerprint density at radius 2 is 1.75 bits per heavy atom. The summed E-state index contributed by atoms with van der Waals surface area (Å²) in [6.07, 6.45) is -3.27. The molecule has 1 aliphatic carbocycles. The van der Waals surface area contributed by atoms with Gasteiger partial charge in [0.25, 0.3) is 0 Å². The highest BCUT2D eigenvalue weighted by atomic mass is 35.5. The standard InChI is InChI=1S/C10H10F3NO.ClH/c11-10(12,13)15-8-4-2-1-3-7(8)9(14)5-6-9;/h1-4H,5-6,14H2;1H. The number of benzene rings is 1. The van der Waals surface area contributed by atoms with Gasteiger partial charge in [0.15, 0.2) is 0 Å². The van der Waals surface area contributed by atoms with Crippen LogP contribution in [-0.2, 0) is 5.54 Å². The monoisotopic (exact) mass is 253 g/mol. The van der Waals surface area contributed by atoms with Gasteiger partial charge in [0.1, 0.15) is 5.75 Å². The molecule has 90 valence electrons. The third kappa shape index (κ3) is 2.80. The number of hydrogen-bond acceptors (Lipinski definition) is 2. The first kappa shape index (κ1) is 13.1. The predicted octanol–water partition coefficient (Wildman–Crippen LogP) is 2.95. The van der Waals surface area contributed by atoms with Crippen molar-refractivity contribution in [1.29, 1.82) is 0 Å². The van der Waals surface area contributed by atoms with E-state index in [9.17, 15) is 13.2 Å². The largest absolute Gasteiger partial charge is 0.573 e. The lowest BCUT2D eigenvalue weighted by molar-refractivity contribution is -0.275. The van der Waals surface area contributed by atoms with Gasteiger partial charge in [-0.2, -0.15) is 0 Å². The number of para-hydroxylation sites is 1. The number of ether oxygens (including phenoxy) is 1. The van der Waals surface area contributed by atoms with E-state index >= 15 is 0 Å². The van der Waals surface area contributed by atoms with Crippen LogP contribution in [0.2, 0.25) is 0 Å². The van der Waals surface area contributed by atoms with Crippen molar-refractivity contribution in [3.63, 3.8) is 0 Å². The molecule has 1 aromatic rings. The van der Waals surface area contributed by atoms with Crippen LogP contribution >= 0.6 is 12.4 Å². The summed E-state index contributed by atoms with van der Waals surface area (Å²) in [5, 5.41) is 0. The summed E-state index contributed by atoms with van der Waals surface area (Å²) in [6.45, 7) is 0. The number of hydrogen-bond donors (Lipinski definition) is 1. The molecule has 0 atom stereocenters. The Labute approximate surface area is 97.0 Å². The predicted molar refractivity (Wildman–Crippen MR) is 55.5 cm³/mol. The Morgan fingerprint density at radius 3 is 2.25 bits per heavy atom. The molecule has 1 saturated carbocycles. The van der Waals surface area contributed by atoms with Crippen molar-refractivity contribution in [1.82, 2.24) is 0 Å². The molecule has 0 aliphatic heterocycles. The van der Waals surface area contributed by atoms with Crippen LogP contribution in [0.5, 0.6) is 5.75 Å². The molecule has 0 bridgehead atoms. The van der Waals surface area contributed by atoms with Crippen LogP contribution < -0.4 is 10.5 Å². The molecule has 6 heteroatoms. The molecular formula is C10H11ClF3NO. The summed E-state index contributed by atoms with van der Waals surface area (Å²) >= 11 is 0. The van der Waals surface area contributed by atoms with Crippen molar-refractivity contribution in [3.05, 3.63) is 29.8 Å². The van der Waals surface area contributed by atoms with Gasteiger partial charge in [-0.15, -0.1) is 25.6 Å². The van der Waals surface area contributed by atoms with Gasteiger partial charge >= 0.3 is 6.36 Å². The fraction of sp³-hybridized carbons (Fsp3) is 0.400. The number of nitrogens with two attached hydrogens (primary N) is 1.